The zero-order valence-electron chi connectivity index (χ0n) is 11.7. The molecule has 1 aromatic carbocycles. The molecule has 0 unspecified atom stereocenters. The first kappa shape index (κ1) is 12.5. The van der Waals surface area contributed by atoms with E-state index in [1.165, 1.54) is 11.1 Å². The number of ether oxygens (including phenoxy) is 1. The number of rotatable bonds is 1. The number of hydrogen-bond acceptors (Lipinski definition) is 2. The van der Waals surface area contributed by atoms with Crippen LogP contribution in [0.1, 0.15) is 37.8 Å². The highest BCUT2D eigenvalue weighted by Crippen LogP contribution is 2.48. The lowest BCUT2D eigenvalue weighted by Crippen LogP contribution is -2.21. The Labute approximate surface area is 114 Å². The van der Waals surface area contributed by atoms with Gasteiger partial charge in [0.1, 0.15) is 11.9 Å². The summed E-state index contributed by atoms with van der Waals surface area (Å²) < 4.78 is 6.16. The first-order valence-corrected chi connectivity index (χ1v) is 6.80. The third kappa shape index (κ3) is 1.91. The maximum atomic E-state index is 9.54. The molecule has 1 aliphatic carbocycles. The molecule has 0 bridgehead atoms. The summed E-state index contributed by atoms with van der Waals surface area (Å²) in [4.78, 5) is 0. The zero-order valence-corrected chi connectivity index (χ0v) is 11.7. The topological polar surface area (TPSA) is 29.5 Å². The van der Waals surface area contributed by atoms with Crippen molar-refractivity contribution < 1.29 is 9.84 Å². The third-order valence-corrected chi connectivity index (χ3v) is 3.96. The van der Waals surface area contributed by atoms with Crippen LogP contribution < -0.4 is 4.74 Å². The number of benzene rings is 1. The Morgan fingerprint density at radius 1 is 1.26 bits per heavy atom. The molecule has 0 aromatic heterocycles. The average molecular weight is 256 g/mol. The van der Waals surface area contributed by atoms with Crippen LogP contribution in [0.15, 0.2) is 42.0 Å². The van der Waals surface area contributed by atoms with E-state index in [1.807, 2.05) is 12.2 Å². The highest BCUT2D eigenvalue weighted by molar-refractivity contribution is 5.55. The molecule has 1 aliphatic heterocycles. The van der Waals surface area contributed by atoms with Crippen LogP contribution >= 0.6 is 0 Å². The van der Waals surface area contributed by atoms with Crippen molar-refractivity contribution in [3.63, 3.8) is 0 Å². The fourth-order valence-corrected chi connectivity index (χ4v) is 3.01. The summed E-state index contributed by atoms with van der Waals surface area (Å²) in [5.41, 5.74) is 3.55. The Bertz CT molecular complexity index is 561. The minimum absolute atomic E-state index is 0.0330. The molecule has 0 saturated carbocycles. The van der Waals surface area contributed by atoms with Crippen molar-refractivity contribution in [2.45, 2.75) is 38.2 Å². The molecule has 2 atom stereocenters. The highest BCUT2D eigenvalue weighted by atomic mass is 16.5. The second-order valence-electron chi connectivity index (χ2n) is 6.32. The Morgan fingerprint density at radius 2 is 2.05 bits per heavy atom. The first-order chi connectivity index (χ1) is 9.02. The number of aliphatic hydroxyl groups excluding tert-OH is 1. The Balaban J connectivity index is 2.13. The van der Waals surface area contributed by atoms with Gasteiger partial charge in [0.05, 0.1) is 12.5 Å². The second kappa shape index (κ2) is 4.24. The summed E-state index contributed by atoms with van der Waals surface area (Å²) in [5.74, 6) is 1.18. The molecule has 0 spiro atoms. The van der Waals surface area contributed by atoms with Gasteiger partial charge in [0.2, 0.25) is 0 Å². The van der Waals surface area contributed by atoms with Crippen molar-refractivity contribution in [2.24, 2.45) is 0 Å². The predicted octanol–water partition coefficient (Wildman–Crippen LogP) is 3.32. The monoisotopic (exact) mass is 256 g/mol. The summed E-state index contributed by atoms with van der Waals surface area (Å²) in [7, 11) is 0. The molecule has 0 amide bonds. The van der Waals surface area contributed by atoms with E-state index < -0.39 is 0 Å². The van der Waals surface area contributed by atoms with Crippen LogP contribution in [-0.2, 0) is 5.41 Å². The van der Waals surface area contributed by atoms with Gasteiger partial charge in [-0.1, -0.05) is 51.1 Å². The van der Waals surface area contributed by atoms with E-state index in [0.717, 1.165) is 11.3 Å². The van der Waals surface area contributed by atoms with Gasteiger partial charge in [-0.3, -0.25) is 0 Å². The van der Waals surface area contributed by atoms with E-state index in [9.17, 15) is 5.11 Å². The molecule has 1 aromatic rings. The normalized spacial score (nSPS) is 24.5. The Kier molecular flexibility index (Phi) is 2.79. The summed E-state index contributed by atoms with van der Waals surface area (Å²) >= 11 is 0. The van der Waals surface area contributed by atoms with Crippen LogP contribution in [-0.4, -0.2) is 17.8 Å². The number of aliphatic hydroxyl groups is 1. The fraction of sp³-hybridized carbons (Fsp3) is 0.412. The van der Waals surface area contributed by atoms with E-state index in [-0.39, 0.29) is 24.0 Å². The molecule has 19 heavy (non-hydrogen) atoms. The summed E-state index contributed by atoms with van der Waals surface area (Å²) in [6.45, 7) is 6.69. The van der Waals surface area contributed by atoms with Gasteiger partial charge in [-0.15, -0.1) is 0 Å². The molecule has 1 heterocycles. The van der Waals surface area contributed by atoms with Crippen molar-refractivity contribution in [1.82, 2.24) is 0 Å². The molecule has 2 nitrogen and oxygen atoms in total. The van der Waals surface area contributed by atoms with Gasteiger partial charge in [0, 0.05) is 5.56 Å². The van der Waals surface area contributed by atoms with E-state index in [0.29, 0.717) is 0 Å². The fourth-order valence-electron chi connectivity index (χ4n) is 3.01. The maximum Gasteiger partial charge on any atom is 0.128 e. The van der Waals surface area contributed by atoms with Crippen molar-refractivity contribution in [1.29, 1.82) is 0 Å². The molecule has 0 fully saturated rings. The smallest absolute Gasteiger partial charge is 0.128 e. The summed E-state index contributed by atoms with van der Waals surface area (Å²) in [5, 5.41) is 9.54. The number of fused-ring (bicyclic) bond motifs is 3. The van der Waals surface area contributed by atoms with Gasteiger partial charge in [-0.2, -0.15) is 0 Å². The maximum absolute atomic E-state index is 9.54. The SMILES string of the molecule is CC(C)(C)c1cccc2c1O[C@@H]1C=CC=C(CO)[C@H]21. The molecule has 2 heteroatoms. The van der Waals surface area contributed by atoms with Crippen LogP contribution in [0.4, 0.5) is 0 Å². The third-order valence-electron chi connectivity index (χ3n) is 3.96. The van der Waals surface area contributed by atoms with E-state index >= 15 is 0 Å². The predicted molar refractivity (Wildman–Crippen MR) is 76.6 cm³/mol. The molecular weight excluding hydrogens is 236 g/mol. The van der Waals surface area contributed by atoms with Gasteiger partial charge in [0.15, 0.2) is 0 Å². The number of para-hydroxylation sites is 1. The molecule has 100 valence electrons. The minimum atomic E-state index is 0.0330. The minimum Gasteiger partial charge on any atom is -0.485 e. The van der Waals surface area contributed by atoms with Crippen molar-refractivity contribution in [2.75, 3.05) is 6.61 Å². The summed E-state index contributed by atoms with van der Waals surface area (Å²) in [6.07, 6.45) is 6.10. The zero-order chi connectivity index (χ0) is 13.6. The quantitative estimate of drug-likeness (QED) is 0.835. The molecule has 3 rings (SSSR count). The lowest BCUT2D eigenvalue weighted by atomic mass is 9.81. The van der Waals surface area contributed by atoms with Crippen LogP contribution in [0.3, 0.4) is 0 Å². The van der Waals surface area contributed by atoms with Crippen LogP contribution in [0.2, 0.25) is 0 Å². The average Bonchev–Trinajstić information content (AvgIpc) is 2.75. The van der Waals surface area contributed by atoms with Crippen molar-refractivity contribution in [3.8, 4) is 5.75 Å². The highest BCUT2D eigenvalue weighted by Gasteiger charge is 2.38. The van der Waals surface area contributed by atoms with E-state index in [1.54, 1.807) is 0 Å². The standard InChI is InChI=1S/C17H20O2/c1-17(2,3)13-8-5-7-12-15-11(10-18)6-4-9-14(15)19-16(12)13/h4-9,14-15,18H,10H2,1-3H3/t14-,15-/m1/s1. The Morgan fingerprint density at radius 3 is 2.74 bits per heavy atom. The van der Waals surface area contributed by atoms with E-state index in [2.05, 4.69) is 45.0 Å². The first-order valence-electron chi connectivity index (χ1n) is 6.80. The van der Waals surface area contributed by atoms with Gasteiger partial charge < -0.3 is 9.84 Å². The van der Waals surface area contributed by atoms with Gasteiger partial charge in [-0.05, 0) is 22.6 Å². The second-order valence-corrected chi connectivity index (χ2v) is 6.32. The lowest BCUT2D eigenvalue weighted by Gasteiger charge is -2.22. The Hall–Kier alpha value is -1.54. The molecule has 0 radical (unpaired) electrons. The van der Waals surface area contributed by atoms with Crippen molar-refractivity contribution >= 4 is 0 Å². The summed E-state index contributed by atoms with van der Waals surface area (Å²) in [6, 6.07) is 6.36. The van der Waals surface area contributed by atoms with Crippen LogP contribution in [0, 0.1) is 0 Å². The van der Waals surface area contributed by atoms with Crippen LogP contribution in [0.25, 0.3) is 0 Å². The molecule has 1 N–H and O–H groups in total. The number of allylic oxidation sites excluding steroid dienone is 2. The molecule has 0 saturated heterocycles. The molecule has 2 aliphatic rings. The van der Waals surface area contributed by atoms with Gasteiger partial charge >= 0.3 is 0 Å². The number of hydrogen-bond donors (Lipinski definition) is 1. The largest absolute Gasteiger partial charge is 0.485 e. The van der Waals surface area contributed by atoms with Gasteiger partial charge in [0.25, 0.3) is 0 Å². The van der Waals surface area contributed by atoms with Crippen LogP contribution in [0.5, 0.6) is 5.75 Å². The van der Waals surface area contributed by atoms with Crippen molar-refractivity contribution in [3.05, 3.63) is 53.1 Å². The lowest BCUT2D eigenvalue weighted by molar-refractivity contribution is 0.245. The van der Waals surface area contributed by atoms with E-state index in [4.69, 9.17) is 4.74 Å². The van der Waals surface area contributed by atoms with Gasteiger partial charge in [-0.25, -0.2) is 0 Å². The molecular formula is C17H20O2.